The Kier molecular flexibility index (Phi) is 2.88. The van der Waals surface area contributed by atoms with Crippen LogP contribution in [0.5, 0.6) is 0 Å². The Morgan fingerprint density at radius 3 is 3.08 bits per heavy atom. The van der Waals surface area contributed by atoms with Gasteiger partial charge in [0, 0.05) is 6.04 Å². The fourth-order valence-corrected chi connectivity index (χ4v) is 0.746. The lowest BCUT2D eigenvalue weighted by molar-refractivity contribution is 0.0921. The summed E-state index contributed by atoms with van der Waals surface area (Å²) in [5.41, 5.74) is 0.468. The zero-order chi connectivity index (χ0) is 8.97. The minimum Gasteiger partial charge on any atom is -0.472 e. The number of hydrogen-bond acceptors (Lipinski definition) is 3. The molecule has 1 heterocycles. The SMILES string of the molecule is CC(CO)NC(=O)c1ccoc1. The van der Waals surface area contributed by atoms with Gasteiger partial charge in [-0.2, -0.15) is 0 Å². The third-order valence-electron chi connectivity index (χ3n) is 1.43. The van der Waals surface area contributed by atoms with E-state index in [0.717, 1.165) is 0 Å². The highest BCUT2D eigenvalue weighted by Crippen LogP contribution is 1.99. The van der Waals surface area contributed by atoms with E-state index in [1.165, 1.54) is 12.5 Å². The predicted octanol–water partition coefficient (Wildman–Crippen LogP) is 0.390. The largest absolute Gasteiger partial charge is 0.472 e. The van der Waals surface area contributed by atoms with Crippen molar-refractivity contribution in [3.8, 4) is 0 Å². The van der Waals surface area contributed by atoms with Gasteiger partial charge in [0.25, 0.3) is 5.91 Å². The molecule has 0 saturated heterocycles. The number of hydrogen-bond donors (Lipinski definition) is 2. The first-order valence-corrected chi connectivity index (χ1v) is 3.68. The van der Waals surface area contributed by atoms with Crippen molar-refractivity contribution >= 4 is 5.91 Å². The van der Waals surface area contributed by atoms with Gasteiger partial charge in [0.1, 0.15) is 6.26 Å². The first kappa shape index (κ1) is 8.80. The highest BCUT2D eigenvalue weighted by molar-refractivity contribution is 5.93. The van der Waals surface area contributed by atoms with Crippen molar-refractivity contribution in [1.82, 2.24) is 5.32 Å². The van der Waals surface area contributed by atoms with E-state index >= 15 is 0 Å². The molecule has 1 aromatic heterocycles. The van der Waals surface area contributed by atoms with E-state index in [-0.39, 0.29) is 18.6 Å². The summed E-state index contributed by atoms with van der Waals surface area (Å²) in [6, 6.07) is 1.34. The summed E-state index contributed by atoms with van der Waals surface area (Å²) in [4.78, 5) is 11.2. The fraction of sp³-hybridized carbons (Fsp3) is 0.375. The molecule has 0 saturated carbocycles. The Balaban J connectivity index is 2.50. The molecule has 1 amide bonds. The second-order valence-electron chi connectivity index (χ2n) is 2.57. The van der Waals surface area contributed by atoms with Crippen LogP contribution in [0, 0.1) is 0 Å². The van der Waals surface area contributed by atoms with Crippen LogP contribution in [0.3, 0.4) is 0 Å². The van der Waals surface area contributed by atoms with Crippen LogP contribution in [0.2, 0.25) is 0 Å². The maximum Gasteiger partial charge on any atom is 0.254 e. The standard InChI is InChI=1S/C8H11NO3/c1-6(4-10)9-8(11)7-2-3-12-5-7/h2-3,5-6,10H,4H2,1H3,(H,9,11). The summed E-state index contributed by atoms with van der Waals surface area (Å²) in [5, 5.41) is 11.2. The summed E-state index contributed by atoms with van der Waals surface area (Å²) in [6.45, 7) is 1.65. The van der Waals surface area contributed by atoms with Crippen molar-refractivity contribution in [2.75, 3.05) is 6.61 Å². The van der Waals surface area contributed by atoms with E-state index in [1.807, 2.05) is 0 Å². The van der Waals surface area contributed by atoms with Crippen LogP contribution in [0.15, 0.2) is 23.0 Å². The number of nitrogens with one attached hydrogen (secondary N) is 1. The molecular weight excluding hydrogens is 158 g/mol. The van der Waals surface area contributed by atoms with Crippen molar-refractivity contribution in [1.29, 1.82) is 0 Å². The van der Waals surface area contributed by atoms with Crippen LogP contribution in [0.4, 0.5) is 0 Å². The maximum atomic E-state index is 11.2. The van der Waals surface area contributed by atoms with Gasteiger partial charge < -0.3 is 14.8 Å². The summed E-state index contributed by atoms with van der Waals surface area (Å²) in [7, 11) is 0. The van der Waals surface area contributed by atoms with Gasteiger partial charge in [-0.15, -0.1) is 0 Å². The Morgan fingerprint density at radius 2 is 2.58 bits per heavy atom. The number of furan rings is 1. The molecule has 1 rings (SSSR count). The van der Waals surface area contributed by atoms with Crippen molar-refractivity contribution in [3.63, 3.8) is 0 Å². The fourth-order valence-electron chi connectivity index (χ4n) is 0.746. The third kappa shape index (κ3) is 2.10. The molecule has 0 aromatic carbocycles. The molecule has 12 heavy (non-hydrogen) atoms. The van der Waals surface area contributed by atoms with Crippen LogP contribution in [0.1, 0.15) is 17.3 Å². The van der Waals surface area contributed by atoms with Crippen LogP contribution < -0.4 is 5.32 Å². The van der Waals surface area contributed by atoms with Crippen LogP contribution in [-0.4, -0.2) is 23.7 Å². The number of aliphatic hydroxyl groups excluding tert-OH is 1. The molecule has 0 spiro atoms. The zero-order valence-corrected chi connectivity index (χ0v) is 6.78. The quantitative estimate of drug-likeness (QED) is 0.688. The Bertz CT molecular complexity index is 243. The van der Waals surface area contributed by atoms with E-state index in [2.05, 4.69) is 5.32 Å². The second-order valence-corrected chi connectivity index (χ2v) is 2.57. The molecule has 4 nitrogen and oxygen atoms in total. The first-order chi connectivity index (χ1) is 5.74. The van der Waals surface area contributed by atoms with Gasteiger partial charge in [-0.1, -0.05) is 0 Å². The molecule has 0 radical (unpaired) electrons. The molecule has 0 aliphatic heterocycles. The number of carbonyl (C=O) groups excluding carboxylic acids is 1. The zero-order valence-electron chi connectivity index (χ0n) is 6.78. The molecule has 66 valence electrons. The number of rotatable bonds is 3. The lowest BCUT2D eigenvalue weighted by Gasteiger charge is -2.08. The Labute approximate surface area is 70.2 Å². The highest BCUT2D eigenvalue weighted by Gasteiger charge is 2.08. The van der Waals surface area contributed by atoms with Gasteiger partial charge >= 0.3 is 0 Å². The minimum atomic E-state index is -0.231. The number of aliphatic hydroxyl groups is 1. The van der Waals surface area contributed by atoms with Crippen molar-refractivity contribution in [2.24, 2.45) is 0 Å². The van der Waals surface area contributed by atoms with Gasteiger partial charge in [-0.25, -0.2) is 0 Å². The molecule has 2 N–H and O–H groups in total. The summed E-state index contributed by atoms with van der Waals surface area (Å²) >= 11 is 0. The lowest BCUT2D eigenvalue weighted by atomic mass is 10.3. The molecule has 1 aromatic rings. The molecule has 0 bridgehead atoms. The van der Waals surface area contributed by atoms with Gasteiger partial charge in [-0.05, 0) is 13.0 Å². The molecule has 0 aliphatic carbocycles. The predicted molar refractivity (Wildman–Crippen MR) is 42.7 cm³/mol. The molecule has 4 heteroatoms. The van der Waals surface area contributed by atoms with E-state index in [1.54, 1.807) is 13.0 Å². The smallest absolute Gasteiger partial charge is 0.254 e. The molecule has 0 aliphatic rings. The first-order valence-electron chi connectivity index (χ1n) is 3.68. The lowest BCUT2D eigenvalue weighted by Crippen LogP contribution is -2.34. The maximum absolute atomic E-state index is 11.2. The third-order valence-corrected chi connectivity index (χ3v) is 1.43. The van der Waals surface area contributed by atoms with Gasteiger partial charge in [0.05, 0.1) is 18.4 Å². The van der Waals surface area contributed by atoms with E-state index in [4.69, 9.17) is 9.52 Å². The average molecular weight is 169 g/mol. The molecule has 1 atom stereocenters. The molecule has 1 unspecified atom stereocenters. The van der Waals surface area contributed by atoms with E-state index < -0.39 is 0 Å². The van der Waals surface area contributed by atoms with Crippen LogP contribution >= 0.6 is 0 Å². The van der Waals surface area contributed by atoms with Crippen LogP contribution in [0.25, 0.3) is 0 Å². The Morgan fingerprint density at radius 1 is 1.83 bits per heavy atom. The van der Waals surface area contributed by atoms with E-state index in [0.29, 0.717) is 5.56 Å². The monoisotopic (exact) mass is 169 g/mol. The normalized spacial score (nSPS) is 12.5. The van der Waals surface area contributed by atoms with Gasteiger partial charge in [0.2, 0.25) is 0 Å². The van der Waals surface area contributed by atoms with E-state index in [9.17, 15) is 4.79 Å². The molecule has 0 fully saturated rings. The van der Waals surface area contributed by atoms with Gasteiger partial charge in [-0.3, -0.25) is 4.79 Å². The molecular formula is C8H11NO3. The summed E-state index contributed by atoms with van der Waals surface area (Å²) < 4.78 is 4.73. The Hall–Kier alpha value is -1.29. The van der Waals surface area contributed by atoms with Crippen molar-refractivity contribution in [3.05, 3.63) is 24.2 Å². The summed E-state index contributed by atoms with van der Waals surface area (Å²) in [5.74, 6) is -0.231. The van der Waals surface area contributed by atoms with Gasteiger partial charge in [0.15, 0.2) is 0 Å². The average Bonchev–Trinajstić information content (AvgIpc) is 2.56. The minimum absolute atomic E-state index is 0.0659. The number of amides is 1. The number of carbonyl (C=O) groups is 1. The highest BCUT2D eigenvalue weighted by atomic mass is 16.3. The van der Waals surface area contributed by atoms with Crippen LogP contribution in [-0.2, 0) is 0 Å². The summed E-state index contributed by atoms with van der Waals surface area (Å²) in [6.07, 6.45) is 2.79. The second kappa shape index (κ2) is 3.92. The topological polar surface area (TPSA) is 62.5 Å². The van der Waals surface area contributed by atoms with Crippen molar-refractivity contribution < 1.29 is 14.3 Å². The van der Waals surface area contributed by atoms with Crippen molar-refractivity contribution in [2.45, 2.75) is 13.0 Å².